The fraction of sp³-hybridized carbons (Fsp3) is 0.944. The van der Waals surface area contributed by atoms with Crippen molar-refractivity contribution in [2.24, 2.45) is 5.92 Å². The van der Waals surface area contributed by atoms with Gasteiger partial charge in [-0.1, -0.05) is 81.1 Å². The summed E-state index contributed by atoms with van der Waals surface area (Å²) in [4.78, 5) is 12.2. The molecule has 0 N–H and O–H groups in total. The summed E-state index contributed by atoms with van der Waals surface area (Å²) in [6.07, 6.45) is 13.9. The second-order valence-corrected chi connectivity index (χ2v) is 6.75. The Kier molecular flexibility index (Phi) is 16.3. The smallest absolute Gasteiger partial charge is 0.308 e. The fourth-order valence-corrected chi connectivity index (χ4v) is 2.89. The maximum Gasteiger partial charge on any atom is 0.308 e. The van der Waals surface area contributed by atoms with Crippen molar-refractivity contribution in [1.82, 2.24) is 0 Å². The van der Waals surface area contributed by atoms with Crippen LogP contribution in [0.4, 0.5) is 0 Å². The third kappa shape index (κ3) is 13.3. The van der Waals surface area contributed by atoms with Gasteiger partial charge in [0, 0.05) is 5.33 Å². The van der Waals surface area contributed by atoms with Gasteiger partial charge in [-0.3, -0.25) is 4.79 Å². The maximum atomic E-state index is 12.2. The van der Waals surface area contributed by atoms with Gasteiger partial charge in [-0.15, -0.1) is 0 Å². The molecule has 0 aromatic rings. The lowest BCUT2D eigenvalue weighted by Gasteiger charge is -2.15. The number of unbranched alkanes of at least 4 members (excludes halogenated alkanes) is 7. The third-order valence-electron chi connectivity index (χ3n) is 3.92. The van der Waals surface area contributed by atoms with Gasteiger partial charge < -0.3 is 4.74 Å². The molecule has 1 unspecified atom stereocenters. The summed E-state index contributed by atoms with van der Waals surface area (Å²) in [5.74, 6) is 0.199. The van der Waals surface area contributed by atoms with Crippen molar-refractivity contribution in [2.45, 2.75) is 90.9 Å². The summed E-state index contributed by atoms with van der Waals surface area (Å²) in [5, 5.41) is 1.07. The van der Waals surface area contributed by atoms with Crippen LogP contribution in [0.3, 0.4) is 0 Å². The van der Waals surface area contributed by atoms with Crippen molar-refractivity contribution < 1.29 is 9.53 Å². The van der Waals surface area contributed by atoms with E-state index in [-0.39, 0.29) is 11.9 Å². The molecular weight excluding hydrogens is 328 g/mol. The molecule has 0 saturated carbocycles. The van der Waals surface area contributed by atoms with Crippen LogP contribution in [0, 0.1) is 5.92 Å². The molecule has 0 radical (unpaired) electrons. The summed E-state index contributed by atoms with van der Waals surface area (Å²) < 4.78 is 5.49. The van der Waals surface area contributed by atoms with Crippen LogP contribution < -0.4 is 0 Å². The zero-order chi connectivity index (χ0) is 15.8. The van der Waals surface area contributed by atoms with Gasteiger partial charge in [0.05, 0.1) is 12.5 Å². The van der Waals surface area contributed by atoms with E-state index in [1.54, 1.807) is 0 Å². The van der Waals surface area contributed by atoms with Crippen LogP contribution in [0.15, 0.2) is 0 Å². The van der Waals surface area contributed by atoms with Crippen LogP contribution in [-0.4, -0.2) is 17.9 Å². The van der Waals surface area contributed by atoms with Gasteiger partial charge in [0.25, 0.3) is 0 Å². The second kappa shape index (κ2) is 16.3. The summed E-state index contributed by atoms with van der Waals surface area (Å²) in [5.41, 5.74) is 0. The lowest BCUT2D eigenvalue weighted by molar-refractivity contribution is -0.149. The molecule has 0 fully saturated rings. The highest BCUT2D eigenvalue weighted by Gasteiger charge is 2.18. The first kappa shape index (κ1) is 20.9. The highest BCUT2D eigenvalue weighted by atomic mass is 79.9. The summed E-state index contributed by atoms with van der Waals surface area (Å²) in [6.45, 7) is 5.01. The van der Waals surface area contributed by atoms with Gasteiger partial charge in [0.1, 0.15) is 0 Å². The van der Waals surface area contributed by atoms with Crippen LogP contribution >= 0.6 is 15.9 Å². The van der Waals surface area contributed by atoms with Crippen LogP contribution in [-0.2, 0) is 9.53 Å². The standard InChI is InChI=1S/C18H35BrO2/c1-3-5-7-10-14-17(13-6-4-2)18(20)21-16-12-9-8-11-15-19/h17H,3-16H2,1-2H3. The Balaban J connectivity index is 3.83. The molecule has 0 aliphatic rings. The van der Waals surface area contributed by atoms with E-state index in [0.717, 1.165) is 43.9 Å². The van der Waals surface area contributed by atoms with Crippen LogP contribution in [0.1, 0.15) is 90.9 Å². The molecule has 0 aliphatic heterocycles. The normalized spacial score (nSPS) is 12.3. The minimum Gasteiger partial charge on any atom is -0.465 e. The third-order valence-corrected chi connectivity index (χ3v) is 4.48. The summed E-state index contributed by atoms with van der Waals surface area (Å²) in [6, 6.07) is 0. The molecule has 0 aliphatic carbocycles. The maximum absolute atomic E-state index is 12.2. The van der Waals surface area contributed by atoms with E-state index in [1.165, 1.54) is 38.5 Å². The number of hydrogen-bond donors (Lipinski definition) is 0. The van der Waals surface area contributed by atoms with Crippen molar-refractivity contribution >= 4 is 21.9 Å². The molecule has 1 atom stereocenters. The van der Waals surface area contributed by atoms with Gasteiger partial charge in [-0.2, -0.15) is 0 Å². The average Bonchev–Trinajstić information content (AvgIpc) is 2.49. The summed E-state index contributed by atoms with van der Waals surface area (Å²) in [7, 11) is 0. The Morgan fingerprint density at radius 3 is 2.14 bits per heavy atom. The molecule has 21 heavy (non-hydrogen) atoms. The van der Waals surface area contributed by atoms with Crippen molar-refractivity contribution in [3.05, 3.63) is 0 Å². The van der Waals surface area contributed by atoms with Gasteiger partial charge in [-0.05, 0) is 25.7 Å². The lowest BCUT2D eigenvalue weighted by atomic mass is 9.95. The van der Waals surface area contributed by atoms with E-state index in [9.17, 15) is 4.79 Å². The number of hydrogen-bond acceptors (Lipinski definition) is 2. The predicted molar refractivity (Wildman–Crippen MR) is 95.0 cm³/mol. The Hall–Kier alpha value is -0.0500. The molecule has 126 valence electrons. The Labute approximate surface area is 140 Å². The molecular formula is C18H35BrO2. The number of halogens is 1. The van der Waals surface area contributed by atoms with Crippen LogP contribution in [0.2, 0.25) is 0 Å². The number of carbonyl (C=O) groups is 1. The molecule has 0 heterocycles. The number of rotatable bonds is 15. The Bertz CT molecular complexity index is 231. The van der Waals surface area contributed by atoms with Gasteiger partial charge in [0.2, 0.25) is 0 Å². The first-order valence-electron chi connectivity index (χ1n) is 8.98. The van der Waals surface area contributed by atoms with Gasteiger partial charge >= 0.3 is 5.97 Å². The molecule has 0 rings (SSSR count). The minimum absolute atomic E-state index is 0.0560. The van der Waals surface area contributed by atoms with E-state index in [2.05, 4.69) is 29.8 Å². The molecule has 2 nitrogen and oxygen atoms in total. The number of carbonyl (C=O) groups excluding carboxylic acids is 1. The highest BCUT2D eigenvalue weighted by molar-refractivity contribution is 9.09. The molecule has 0 bridgehead atoms. The summed E-state index contributed by atoms with van der Waals surface area (Å²) >= 11 is 3.43. The number of alkyl halides is 1. The largest absolute Gasteiger partial charge is 0.465 e. The zero-order valence-electron chi connectivity index (χ0n) is 14.2. The molecule has 3 heteroatoms. The second-order valence-electron chi connectivity index (χ2n) is 5.96. The van der Waals surface area contributed by atoms with E-state index in [1.807, 2.05) is 0 Å². The van der Waals surface area contributed by atoms with Gasteiger partial charge in [-0.25, -0.2) is 0 Å². The van der Waals surface area contributed by atoms with E-state index >= 15 is 0 Å². The monoisotopic (exact) mass is 362 g/mol. The lowest BCUT2D eigenvalue weighted by Crippen LogP contribution is -2.18. The first-order chi connectivity index (χ1) is 10.3. The number of esters is 1. The quantitative estimate of drug-likeness (QED) is 0.195. The SMILES string of the molecule is CCCCCCC(CCCC)C(=O)OCCCCCCBr. The van der Waals surface area contributed by atoms with Crippen molar-refractivity contribution in [3.8, 4) is 0 Å². The van der Waals surface area contributed by atoms with Crippen molar-refractivity contribution in [3.63, 3.8) is 0 Å². The molecule has 0 saturated heterocycles. The van der Waals surface area contributed by atoms with E-state index in [4.69, 9.17) is 4.74 Å². The van der Waals surface area contributed by atoms with Crippen LogP contribution in [0.25, 0.3) is 0 Å². The minimum atomic E-state index is 0.0560. The van der Waals surface area contributed by atoms with Gasteiger partial charge in [0.15, 0.2) is 0 Å². The van der Waals surface area contributed by atoms with E-state index < -0.39 is 0 Å². The highest BCUT2D eigenvalue weighted by Crippen LogP contribution is 2.19. The Morgan fingerprint density at radius 1 is 0.857 bits per heavy atom. The average molecular weight is 363 g/mol. The number of ether oxygens (including phenoxy) is 1. The van der Waals surface area contributed by atoms with Crippen LogP contribution in [0.5, 0.6) is 0 Å². The topological polar surface area (TPSA) is 26.3 Å². The first-order valence-corrected chi connectivity index (χ1v) is 10.1. The van der Waals surface area contributed by atoms with Crippen molar-refractivity contribution in [1.29, 1.82) is 0 Å². The molecule has 0 aromatic carbocycles. The van der Waals surface area contributed by atoms with Crippen molar-refractivity contribution in [2.75, 3.05) is 11.9 Å². The fourth-order valence-electron chi connectivity index (χ4n) is 2.49. The molecule has 0 amide bonds. The zero-order valence-corrected chi connectivity index (χ0v) is 15.8. The molecule has 0 spiro atoms. The Morgan fingerprint density at radius 2 is 1.48 bits per heavy atom. The predicted octanol–water partition coefficient (Wildman–Crippen LogP) is 6.26. The van der Waals surface area contributed by atoms with E-state index in [0.29, 0.717) is 6.61 Å². The molecule has 0 aromatic heterocycles.